The Hall–Kier alpha value is -1.93. The van der Waals surface area contributed by atoms with E-state index >= 15 is 0 Å². The molecule has 8 heteroatoms. The molecule has 1 aromatic carbocycles. The van der Waals surface area contributed by atoms with E-state index in [-0.39, 0.29) is 11.8 Å². The molecular weight excluding hydrogens is 303 g/mol. The lowest BCUT2D eigenvalue weighted by atomic mass is 10.3. The molecule has 1 aromatic heterocycles. The molecule has 0 amide bonds. The Labute approximate surface area is 111 Å². The fourth-order valence-electron chi connectivity index (χ4n) is 1.33. The van der Waals surface area contributed by atoms with Crippen LogP contribution in [0.3, 0.4) is 0 Å². The predicted molar refractivity (Wildman–Crippen MR) is 71.6 cm³/mol. The maximum Gasteiger partial charge on any atom is 0.223 e. The Morgan fingerprint density at radius 2 is 1.89 bits per heavy atom. The number of rotatable bonds is 3. The summed E-state index contributed by atoms with van der Waals surface area (Å²) in [7, 11) is 0. The van der Waals surface area contributed by atoms with Gasteiger partial charge >= 0.3 is 0 Å². The van der Waals surface area contributed by atoms with Crippen molar-refractivity contribution in [3.63, 3.8) is 0 Å². The first-order valence-corrected chi connectivity index (χ1v) is 5.71. The quantitative estimate of drug-likeness (QED) is 0.510. The third-order valence-electron chi connectivity index (χ3n) is 2.08. The van der Waals surface area contributed by atoms with Gasteiger partial charge in [0.25, 0.3) is 0 Å². The average molecular weight is 313 g/mol. The number of halogens is 2. The van der Waals surface area contributed by atoms with Gasteiger partial charge in [-0.3, -0.25) is 0 Å². The minimum Gasteiger partial charge on any atom is -0.368 e. The third-order valence-corrected chi connectivity index (χ3v) is 2.69. The van der Waals surface area contributed by atoms with Gasteiger partial charge in [-0.1, -0.05) is 0 Å². The number of hydrogen-bond acceptors (Lipinski definition) is 6. The first kappa shape index (κ1) is 12.5. The molecule has 18 heavy (non-hydrogen) atoms. The van der Waals surface area contributed by atoms with E-state index < -0.39 is 0 Å². The molecular formula is C10H10BrFN6. The SMILES string of the molecule is NNc1cc(Nc2ccc(F)c(Br)c2)nc(N)n1. The molecule has 0 spiro atoms. The van der Waals surface area contributed by atoms with Gasteiger partial charge in [-0.05, 0) is 34.1 Å². The van der Waals surface area contributed by atoms with Gasteiger partial charge in [-0.2, -0.15) is 9.97 Å². The number of hydrazine groups is 1. The second-order valence-electron chi connectivity index (χ2n) is 3.39. The van der Waals surface area contributed by atoms with E-state index in [4.69, 9.17) is 11.6 Å². The van der Waals surface area contributed by atoms with Crippen molar-refractivity contribution < 1.29 is 4.39 Å². The van der Waals surface area contributed by atoms with Crippen LogP contribution in [0.15, 0.2) is 28.7 Å². The Morgan fingerprint density at radius 1 is 1.17 bits per heavy atom. The van der Waals surface area contributed by atoms with E-state index in [1.807, 2.05) is 0 Å². The van der Waals surface area contributed by atoms with Crippen LogP contribution >= 0.6 is 15.9 Å². The zero-order valence-electron chi connectivity index (χ0n) is 9.11. The summed E-state index contributed by atoms with van der Waals surface area (Å²) < 4.78 is 13.4. The Balaban J connectivity index is 2.27. The van der Waals surface area contributed by atoms with Crippen LogP contribution in [0, 0.1) is 5.82 Å². The van der Waals surface area contributed by atoms with Crippen molar-refractivity contribution in [2.75, 3.05) is 16.5 Å². The monoisotopic (exact) mass is 312 g/mol. The molecule has 0 unspecified atom stereocenters. The molecule has 0 radical (unpaired) electrons. The molecule has 0 saturated heterocycles. The Morgan fingerprint density at radius 3 is 2.56 bits per heavy atom. The molecule has 0 atom stereocenters. The number of nitrogens with zero attached hydrogens (tertiary/aromatic N) is 2. The number of hydrogen-bond donors (Lipinski definition) is 4. The molecule has 0 aliphatic heterocycles. The molecule has 94 valence electrons. The molecule has 0 saturated carbocycles. The van der Waals surface area contributed by atoms with Crippen LogP contribution < -0.4 is 22.3 Å². The van der Waals surface area contributed by atoms with Gasteiger partial charge in [-0.15, -0.1) is 0 Å². The topological polar surface area (TPSA) is 102 Å². The lowest BCUT2D eigenvalue weighted by molar-refractivity contribution is 0.621. The van der Waals surface area contributed by atoms with E-state index in [1.54, 1.807) is 18.2 Å². The van der Waals surface area contributed by atoms with Gasteiger partial charge in [0, 0.05) is 11.8 Å². The highest BCUT2D eigenvalue weighted by atomic mass is 79.9. The summed E-state index contributed by atoms with van der Waals surface area (Å²) >= 11 is 3.10. The molecule has 6 nitrogen and oxygen atoms in total. The summed E-state index contributed by atoms with van der Waals surface area (Å²) in [6, 6.07) is 6.07. The Kier molecular flexibility index (Phi) is 3.58. The number of nitrogens with two attached hydrogens (primary N) is 2. The summed E-state index contributed by atoms with van der Waals surface area (Å²) in [5.74, 6) is 5.81. The lowest BCUT2D eigenvalue weighted by Gasteiger charge is -2.08. The summed E-state index contributed by atoms with van der Waals surface area (Å²) in [4.78, 5) is 7.83. The van der Waals surface area contributed by atoms with E-state index in [1.165, 1.54) is 6.07 Å². The van der Waals surface area contributed by atoms with Crippen LogP contribution in [0.2, 0.25) is 0 Å². The fraction of sp³-hybridized carbons (Fsp3) is 0. The summed E-state index contributed by atoms with van der Waals surface area (Å²) in [5.41, 5.74) is 8.55. The number of nitrogens with one attached hydrogen (secondary N) is 2. The number of aromatic nitrogens is 2. The zero-order valence-corrected chi connectivity index (χ0v) is 10.7. The first-order chi connectivity index (χ1) is 8.58. The maximum absolute atomic E-state index is 13.1. The van der Waals surface area contributed by atoms with Crippen molar-refractivity contribution >= 4 is 39.2 Å². The number of anilines is 4. The number of benzene rings is 1. The second-order valence-corrected chi connectivity index (χ2v) is 4.25. The predicted octanol–water partition coefficient (Wildman–Crippen LogP) is 1.99. The highest BCUT2D eigenvalue weighted by Gasteiger charge is 2.04. The summed E-state index contributed by atoms with van der Waals surface area (Å²) in [5, 5.41) is 2.96. The normalized spacial score (nSPS) is 10.2. The van der Waals surface area contributed by atoms with E-state index in [0.717, 1.165) is 0 Å². The minimum absolute atomic E-state index is 0.0779. The zero-order chi connectivity index (χ0) is 13.1. The van der Waals surface area contributed by atoms with Gasteiger partial charge in [0.05, 0.1) is 4.47 Å². The van der Waals surface area contributed by atoms with Crippen LogP contribution in [0.4, 0.5) is 27.7 Å². The molecule has 6 N–H and O–H groups in total. The Bertz CT molecular complexity index is 576. The molecule has 0 fully saturated rings. The van der Waals surface area contributed by atoms with Crippen molar-refractivity contribution in [2.45, 2.75) is 0 Å². The largest absolute Gasteiger partial charge is 0.368 e. The van der Waals surface area contributed by atoms with Crippen LogP contribution in [0.5, 0.6) is 0 Å². The first-order valence-electron chi connectivity index (χ1n) is 4.92. The van der Waals surface area contributed by atoms with Crippen LogP contribution in [-0.4, -0.2) is 9.97 Å². The number of nitrogen functional groups attached to an aromatic ring is 2. The maximum atomic E-state index is 13.1. The molecule has 2 rings (SSSR count). The molecule has 1 heterocycles. The van der Waals surface area contributed by atoms with Crippen molar-refractivity contribution in [3.8, 4) is 0 Å². The van der Waals surface area contributed by atoms with E-state index in [0.29, 0.717) is 21.8 Å². The van der Waals surface area contributed by atoms with Crippen molar-refractivity contribution in [1.29, 1.82) is 0 Å². The van der Waals surface area contributed by atoms with Gasteiger partial charge in [-0.25, -0.2) is 10.2 Å². The van der Waals surface area contributed by atoms with E-state index in [2.05, 4.69) is 36.6 Å². The summed E-state index contributed by atoms with van der Waals surface area (Å²) in [6.07, 6.45) is 0. The summed E-state index contributed by atoms with van der Waals surface area (Å²) in [6.45, 7) is 0. The standard InChI is InChI=1S/C10H10BrFN6/c11-6-3-5(1-2-7(6)12)15-8-4-9(18-14)17-10(13)16-8/h1-4H,14H2,(H4,13,15,16,17,18). The van der Waals surface area contributed by atoms with Gasteiger partial charge in [0.15, 0.2) is 0 Å². The molecule has 2 aromatic rings. The van der Waals surface area contributed by atoms with Gasteiger partial charge in [0.2, 0.25) is 5.95 Å². The van der Waals surface area contributed by atoms with Crippen LogP contribution in [-0.2, 0) is 0 Å². The van der Waals surface area contributed by atoms with Crippen LogP contribution in [0.1, 0.15) is 0 Å². The molecule has 0 bridgehead atoms. The van der Waals surface area contributed by atoms with Crippen molar-refractivity contribution in [3.05, 3.63) is 34.6 Å². The molecule has 0 aliphatic carbocycles. The van der Waals surface area contributed by atoms with Crippen molar-refractivity contribution in [2.24, 2.45) is 5.84 Å². The second kappa shape index (κ2) is 5.15. The highest BCUT2D eigenvalue weighted by molar-refractivity contribution is 9.10. The average Bonchev–Trinajstić information content (AvgIpc) is 2.33. The third kappa shape index (κ3) is 2.84. The lowest BCUT2D eigenvalue weighted by Crippen LogP contribution is -2.11. The van der Waals surface area contributed by atoms with Crippen molar-refractivity contribution in [1.82, 2.24) is 9.97 Å². The van der Waals surface area contributed by atoms with Gasteiger partial charge in [0.1, 0.15) is 17.5 Å². The van der Waals surface area contributed by atoms with Crippen LogP contribution in [0.25, 0.3) is 0 Å². The van der Waals surface area contributed by atoms with E-state index in [9.17, 15) is 4.39 Å². The smallest absolute Gasteiger partial charge is 0.223 e. The van der Waals surface area contributed by atoms with Gasteiger partial charge < -0.3 is 16.5 Å². The minimum atomic E-state index is -0.341. The fourth-order valence-corrected chi connectivity index (χ4v) is 1.70. The molecule has 0 aliphatic rings. The highest BCUT2D eigenvalue weighted by Crippen LogP contribution is 2.23.